The largest absolute Gasteiger partial charge is 0.454 e. The monoisotopic (exact) mass is 239 g/mol. The van der Waals surface area contributed by atoms with Gasteiger partial charge in [-0.25, -0.2) is 8.78 Å². The van der Waals surface area contributed by atoms with E-state index in [1.165, 1.54) is 24.3 Å². The van der Waals surface area contributed by atoms with Gasteiger partial charge in [-0.3, -0.25) is 0 Å². The number of hydrogen-bond acceptors (Lipinski definition) is 2. The Kier molecular flexibility index (Phi) is 2.91. The van der Waals surface area contributed by atoms with Gasteiger partial charge >= 0.3 is 0 Å². The van der Waals surface area contributed by atoms with Gasteiger partial charge in [-0.2, -0.15) is 4.39 Å². The number of nitrogen functional groups attached to an aromatic ring is 1. The average molecular weight is 239 g/mol. The van der Waals surface area contributed by atoms with Gasteiger partial charge in [-0.1, -0.05) is 6.07 Å². The Morgan fingerprint density at radius 2 is 1.71 bits per heavy atom. The summed E-state index contributed by atoms with van der Waals surface area (Å²) in [6, 6.07) is 7.14. The maximum atomic E-state index is 13.2. The van der Waals surface area contributed by atoms with Crippen LogP contribution in [0.2, 0.25) is 0 Å². The minimum absolute atomic E-state index is 0.0428. The lowest BCUT2D eigenvalue weighted by Crippen LogP contribution is -1.94. The fourth-order valence-electron chi connectivity index (χ4n) is 1.26. The van der Waals surface area contributed by atoms with Crippen molar-refractivity contribution in [2.75, 3.05) is 5.73 Å². The van der Waals surface area contributed by atoms with Crippen LogP contribution < -0.4 is 10.5 Å². The van der Waals surface area contributed by atoms with E-state index in [9.17, 15) is 13.2 Å². The standard InChI is InChI=1S/C12H8F3NO/c13-8-2-1-3-11(12(8)15)17-7-4-5-10(16)9(14)6-7/h1-6H,16H2. The Morgan fingerprint density at radius 3 is 2.41 bits per heavy atom. The Hall–Kier alpha value is -2.17. The molecule has 0 saturated heterocycles. The third kappa shape index (κ3) is 2.33. The van der Waals surface area contributed by atoms with Gasteiger partial charge in [-0.15, -0.1) is 0 Å². The van der Waals surface area contributed by atoms with E-state index in [4.69, 9.17) is 10.5 Å². The molecular weight excluding hydrogens is 231 g/mol. The molecular formula is C12H8F3NO. The third-order valence-electron chi connectivity index (χ3n) is 2.12. The number of halogens is 3. The summed E-state index contributed by atoms with van der Waals surface area (Å²) in [5.41, 5.74) is 5.23. The van der Waals surface area contributed by atoms with Crippen LogP contribution >= 0.6 is 0 Å². The predicted molar refractivity (Wildman–Crippen MR) is 57.2 cm³/mol. The summed E-state index contributed by atoms with van der Waals surface area (Å²) in [5, 5.41) is 0. The van der Waals surface area contributed by atoms with E-state index in [-0.39, 0.29) is 17.2 Å². The molecule has 0 aliphatic heterocycles. The molecule has 2 aromatic carbocycles. The molecule has 0 atom stereocenters. The fourth-order valence-corrected chi connectivity index (χ4v) is 1.26. The number of anilines is 1. The van der Waals surface area contributed by atoms with Gasteiger partial charge in [0.1, 0.15) is 11.6 Å². The van der Waals surface area contributed by atoms with Crippen LogP contribution in [0.5, 0.6) is 11.5 Å². The number of benzene rings is 2. The Bertz CT molecular complexity index is 557. The average Bonchev–Trinajstić information content (AvgIpc) is 2.30. The highest BCUT2D eigenvalue weighted by Gasteiger charge is 2.10. The third-order valence-corrected chi connectivity index (χ3v) is 2.12. The lowest BCUT2D eigenvalue weighted by molar-refractivity contribution is 0.414. The summed E-state index contributed by atoms with van der Waals surface area (Å²) in [5.74, 6) is -3.10. The topological polar surface area (TPSA) is 35.2 Å². The van der Waals surface area contributed by atoms with Gasteiger partial charge in [-0.05, 0) is 24.3 Å². The van der Waals surface area contributed by atoms with Crippen LogP contribution in [0.15, 0.2) is 36.4 Å². The molecule has 0 spiro atoms. The van der Waals surface area contributed by atoms with Crippen molar-refractivity contribution < 1.29 is 17.9 Å². The van der Waals surface area contributed by atoms with Gasteiger partial charge in [0.15, 0.2) is 11.6 Å². The summed E-state index contributed by atoms with van der Waals surface area (Å²) >= 11 is 0. The molecule has 0 aromatic heterocycles. The number of ether oxygens (including phenoxy) is 1. The van der Waals surface area contributed by atoms with Gasteiger partial charge in [0.05, 0.1) is 5.69 Å². The maximum absolute atomic E-state index is 13.2. The van der Waals surface area contributed by atoms with Crippen molar-refractivity contribution in [1.82, 2.24) is 0 Å². The number of rotatable bonds is 2. The summed E-state index contributed by atoms with van der Waals surface area (Å²) in [7, 11) is 0. The van der Waals surface area contributed by atoms with E-state index in [1.807, 2.05) is 0 Å². The van der Waals surface area contributed by atoms with Crippen molar-refractivity contribution in [2.45, 2.75) is 0 Å². The van der Waals surface area contributed by atoms with Crippen LogP contribution in [0.1, 0.15) is 0 Å². The quantitative estimate of drug-likeness (QED) is 0.814. The highest BCUT2D eigenvalue weighted by molar-refractivity contribution is 5.44. The first-order chi connectivity index (χ1) is 8.08. The maximum Gasteiger partial charge on any atom is 0.201 e. The molecule has 0 saturated carbocycles. The zero-order valence-electron chi connectivity index (χ0n) is 8.58. The fraction of sp³-hybridized carbons (Fsp3) is 0. The van der Waals surface area contributed by atoms with E-state index in [2.05, 4.69) is 0 Å². The van der Waals surface area contributed by atoms with Crippen molar-refractivity contribution in [3.8, 4) is 11.5 Å². The van der Waals surface area contributed by atoms with E-state index < -0.39 is 17.5 Å². The molecule has 2 aromatic rings. The lowest BCUT2D eigenvalue weighted by atomic mass is 10.3. The van der Waals surface area contributed by atoms with Crippen molar-refractivity contribution in [3.05, 3.63) is 53.8 Å². The second kappa shape index (κ2) is 4.37. The molecule has 5 heteroatoms. The van der Waals surface area contributed by atoms with Crippen molar-refractivity contribution in [1.29, 1.82) is 0 Å². The molecule has 0 aliphatic rings. The van der Waals surface area contributed by atoms with E-state index in [0.29, 0.717) is 0 Å². The van der Waals surface area contributed by atoms with Crippen LogP contribution in [-0.2, 0) is 0 Å². The van der Waals surface area contributed by atoms with Crippen LogP contribution in [0.3, 0.4) is 0 Å². The molecule has 2 nitrogen and oxygen atoms in total. The molecule has 0 radical (unpaired) electrons. The van der Waals surface area contributed by atoms with Crippen molar-refractivity contribution in [2.24, 2.45) is 0 Å². The van der Waals surface area contributed by atoms with E-state index in [1.54, 1.807) is 0 Å². The molecule has 2 rings (SSSR count). The second-order valence-electron chi connectivity index (χ2n) is 3.34. The molecule has 0 fully saturated rings. The van der Waals surface area contributed by atoms with Crippen LogP contribution in [0.25, 0.3) is 0 Å². The lowest BCUT2D eigenvalue weighted by Gasteiger charge is -2.07. The Labute approximate surface area is 95.4 Å². The molecule has 0 bridgehead atoms. The second-order valence-corrected chi connectivity index (χ2v) is 3.34. The summed E-state index contributed by atoms with van der Waals surface area (Å²) in [4.78, 5) is 0. The molecule has 2 N–H and O–H groups in total. The summed E-state index contributed by atoms with van der Waals surface area (Å²) in [6.07, 6.45) is 0. The highest BCUT2D eigenvalue weighted by Crippen LogP contribution is 2.27. The molecule has 0 amide bonds. The van der Waals surface area contributed by atoms with Gasteiger partial charge in [0.25, 0.3) is 0 Å². The Balaban J connectivity index is 2.31. The van der Waals surface area contributed by atoms with Crippen LogP contribution in [-0.4, -0.2) is 0 Å². The van der Waals surface area contributed by atoms with Crippen molar-refractivity contribution >= 4 is 5.69 Å². The van der Waals surface area contributed by atoms with Crippen molar-refractivity contribution in [3.63, 3.8) is 0 Å². The highest BCUT2D eigenvalue weighted by atomic mass is 19.2. The van der Waals surface area contributed by atoms with E-state index in [0.717, 1.165) is 12.1 Å². The molecule has 0 unspecified atom stereocenters. The van der Waals surface area contributed by atoms with Gasteiger partial charge in [0, 0.05) is 6.07 Å². The zero-order chi connectivity index (χ0) is 12.4. The van der Waals surface area contributed by atoms with E-state index >= 15 is 0 Å². The first-order valence-corrected chi connectivity index (χ1v) is 4.75. The first-order valence-electron chi connectivity index (χ1n) is 4.75. The minimum Gasteiger partial charge on any atom is -0.454 e. The molecule has 17 heavy (non-hydrogen) atoms. The first kappa shape index (κ1) is 11.3. The smallest absolute Gasteiger partial charge is 0.201 e. The number of nitrogens with two attached hydrogens (primary N) is 1. The van der Waals surface area contributed by atoms with Gasteiger partial charge in [0.2, 0.25) is 5.82 Å². The summed E-state index contributed by atoms with van der Waals surface area (Å²) in [6.45, 7) is 0. The molecule has 0 aliphatic carbocycles. The minimum atomic E-state index is -1.12. The normalized spacial score (nSPS) is 10.3. The van der Waals surface area contributed by atoms with Gasteiger partial charge < -0.3 is 10.5 Å². The predicted octanol–water partition coefficient (Wildman–Crippen LogP) is 3.48. The van der Waals surface area contributed by atoms with Crippen LogP contribution in [0, 0.1) is 17.5 Å². The summed E-state index contributed by atoms with van der Waals surface area (Å²) < 4.78 is 44.2. The zero-order valence-corrected chi connectivity index (χ0v) is 8.58. The van der Waals surface area contributed by atoms with Crippen LogP contribution in [0.4, 0.5) is 18.9 Å². The SMILES string of the molecule is Nc1ccc(Oc2cccc(F)c2F)cc1F. The molecule has 0 heterocycles. The number of hydrogen-bond donors (Lipinski definition) is 1. The Morgan fingerprint density at radius 1 is 0.941 bits per heavy atom. The molecule has 88 valence electrons.